The van der Waals surface area contributed by atoms with Gasteiger partial charge in [0, 0.05) is 0 Å². The molecule has 0 aliphatic carbocycles. The Labute approximate surface area is 104 Å². The molecule has 0 atom stereocenters. The van der Waals surface area contributed by atoms with E-state index in [2.05, 4.69) is 20.3 Å². The van der Waals surface area contributed by atoms with Crippen LogP contribution in [0.2, 0.25) is 0 Å². The molecular weight excluding hydrogens is 192 g/mol. The average molecular weight is 224 g/mol. The predicted molar refractivity (Wildman–Crippen MR) is 75.4 cm³/mol. The van der Waals surface area contributed by atoms with Crippen LogP contribution in [-0.4, -0.2) is 0 Å². The fourth-order valence-corrected chi connectivity index (χ4v) is 2.08. The van der Waals surface area contributed by atoms with Crippen LogP contribution in [0.5, 0.6) is 0 Å². The number of unbranched alkanes of at least 4 members (excludes halogenated alkanes) is 13. The van der Waals surface area contributed by atoms with E-state index in [1.165, 1.54) is 77.0 Å². The fourth-order valence-electron chi connectivity index (χ4n) is 2.08. The SMILES string of the molecule is [CH2]CCCCCCCCCCCC[CH]CC. The summed E-state index contributed by atoms with van der Waals surface area (Å²) in [5, 5.41) is 0. The molecule has 16 heavy (non-hydrogen) atoms. The highest BCUT2D eigenvalue weighted by Gasteiger charge is 1.92. The molecule has 0 unspecified atom stereocenters. The summed E-state index contributed by atoms with van der Waals surface area (Å²) in [5.74, 6) is 0. The summed E-state index contributed by atoms with van der Waals surface area (Å²) in [6, 6.07) is 0. The maximum Gasteiger partial charge on any atom is -0.0389 e. The van der Waals surface area contributed by atoms with Crippen LogP contribution >= 0.6 is 0 Å². The lowest BCUT2D eigenvalue weighted by molar-refractivity contribution is 0.551. The van der Waals surface area contributed by atoms with Crippen molar-refractivity contribution in [2.75, 3.05) is 0 Å². The maximum absolute atomic E-state index is 3.87. The summed E-state index contributed by atoms with van der Waals surface area (Å²) in [7, 11) is 0. The van der Waals surface area contributed by atoms with E-state index in [4.69, 9.17) is 0 Å². The highest BCUT2D eigenvalue weighted by molar-refractivity contribution is 4.60. The van der Waals surface area contributed by atoms with Crippen molar-refractivity contribution in [3.8, 4) is 0 Å². The molecule has 96 valence electrons. The van der Waals surface area contributed by atoms with Crippen LogP contribution in [0.15, 0.2) is 0 Å². The normalized spacial score (nSPS) is 10.9. The summed E-state index contributed by atoms with van der Waals surface area (Å²) < 4.78 is 0. The van der Waals surface area contributed by atoms with Gasteiger partial charge in [0.05, 0.1) is 0 Å². The number of rotatable bonds is 13. The van der Waals surface area contributed by atoms with Crippen molar-refractivity contribution in [2.24, 2.45) is 0 Å². The Hall–Kier alpha value is 0. The van der Waals surface area contributed by atoms with E-state index in [9.17, 15) is 0 Å². The first kappa shape index (κ1) is 16.0. The van der Waals surface area contributed by atoms with Crippen LogP contribution in [0, 0.1) is 13.3 Å². The van der Waals surface area contributed by atoms with Crippen molar-refractivity contribution < 1.29 is 0 Å². The zero-order chi connectivity index (χ0) is 11.9. The zero-order valence-corrected chi connectivity index (χ0v) is 11.5. The molecule has 0 aliphatic heterocycles. The minimum Gasteiger partial charge on any atom is -0.0651 e. The first-order valence-corrected chi connectivity index (χ1v) is 7.52. The van der Waals surface area contributed by atoms with Gasteiger partial charge in [0.15, 0.2) is 0 Å². The molecule has 0 spiro atoms. The quantitative estimate of drug-likeness (QED) is 0.331. The van der Waals surface area contributed by atoms with Crippen molar-refractivity contribution in [2.45, 2.75) is 90.4 Å². The number of hydrogen-bond donors (Lipinski definition) is 0. The van der Waals surface area contributed by atoms with Crippen LogP contribution in [0.4, 0.5) is 0 Å². The van der Waals surface area contributed by atoms with E-state index in [1.54, 1.807) is 0 Å². The average Bonchev–Trinajstić information content (AvgIpc) is 2.31. The minimum atomic E-state index is 1.12. The maximum atomic E-state index is 3.87. The van der Waals surface area contributed by atoms with Crippen LogP contribution in [0.3, 0.4) is 0 Å². The molecule has 0 saturated heterocycles. The third kappa shape index (κ3) is 14.0. The van der Waals surface area contributed by atoms with Gasteiger partial charge in [0.2, 0.25) is 0 Å². The van der Waals surface area contributed by atoms with Crippen LogP contribution in [-0.2, 0) is 0 Å². The summed E-state index contributed by atoms with van der Waals surface area (Å²) in [4.78, 5) is 0. The van der Waals surface area contributed by atoms with Crippen LogP contribution in [0.1, 0.15) is 90.4 Å². The monoisotopic (exact) mass is 224 g/mol. The molecule has 2 radical (unpaired) electrons. The van der Waals surface area contributed by atoms with Crippen molar-refractivity contribution in [1.29, 1.82) is 0 Å². The molecule has 0 fully saturated rings. The van der Waals surface area contributed by atoms with Gasteiger partial charge >= 0.3 is 0 Å². The van der Waals surface area contributed by atoms with E-state index in [0.29, 0.717) is 0 Å². The zero-order valence-electron chi connectivity index (χ0n) is 11.5. The van der Waals surface area contributed by atoms with Gasteiger partial charge in [0.1, 0.15) is 0 Å². The second-order valence-corrected chi connectivity index (χ2v) is 4.87. The summed E-state index contributed by atoms with van der Waals surface area (Å²) in [6.07, 6.45) is 20.4. The second-order valence-electron chi connectivity index (χ2n) is 4.87. The first-order valence-electron chi connectivity index (χ1n) is 7.52. The van der Waals surface area contributed by atoms with Crippen molar-refractivity contribution in [3.05, 3.63) is 13.3 Å². The number of hydrogen-bond acceptors (Lipinski definition) is 0. The third-order valence-electron chi connectivity index (χ3n) is 3.20. The largest absolute Gasteiger partial charge is 0.0651 e. The van der Waals surface area contributed by atoms with Crippen LogP contribution < -0.4 is 0 Å². The van der Waals surface area contributed by atoms with Gasteiger partial charge in [-0.15, -0.1) is 0 Å². The van der Waals surface area contributed by atoms with Gasteiger partial charge in [-0.1, -0.05) is 97.3 Å². The molecular formula is C16H32. The van der Waals surface area contributed by atoms with Crippen LogP contribution in [0.25, 0.3) is 0 Å². The van der Waals surface area contributed by atoms with Crippen molar-refractivity contribution in [3.63, 3.8) is 0 Å². The third-order valence-corrected chi connectivity index (χ3v) is 3.20. The minimum absolute atomic E-state index is 1.12. The van der Waals surface area contributed by atoms with Crippen molar-refractivity contribution in [1.82, 2.24) is 0 Å². The van der Waals surface area contributed by atoms with E-state index in [0.717, 1.165) is 6.42 Å². The molecule has 0 amide bonds. The van der Waals surface area contributed by atoms with Crippen molar-refractivity contribution >= 4 is 0 Å². The molecule has 0 N–H and O–H groups in total. The summed E-state index contributed by atoms with van der Waals surface area (Å²) >= 11 is 0. The molecule has 0 bridgehead atoms. The molecule has 0 heteroatoms. The van der Waals surface area contributed by atoms with E-state index in [-0.39, 0.29) is 0 Å². The topological polar surface area (TPSA) is 0 Å². The van der Waals surface area contributed by atoms with Gasteiger partial charge in [0.25, 0.3) is 0 Å². The molecule has 0 aromatic rings. The fraction of sp³-hybridized carbons (Fsp3) is 0.875. The Morgan fingerprint density at radius 1 is 0.688 bits per heavy atom. The highest BCUT2D eigenvalue weighted by atomic mass is 14.0. The highest BCUT2D eigenvalue weighted by Crippen LogP contribution is 2.12. The van der Waals surface area contributed by atoms with Gasteiger partial charge < -0.3 is 0 Å². The Kier molecular flexibility index (Phi) is 15.0. The van der Waals surface area contributed by atoms with E-state index < -0.39 is 0 Å². The van der Waals surface area contributed by atoms with Gasteiger partial charge in [-0.3, -0.25) is 0 Å². The molecule has 0 rings (SSSR count). The van der Waals surface area contributed by atoms with E-state index >= 15 is 0 Å². The Bertz CT molecular complexity index is 92.6. The second kappa shape index (κ2) is 15.0. The molecule has 0 aliphatic rings. The Morgan fingerprint density at radius 2 is 1.12 bits per heavy atom. The molecule has 0 saturated carbocycles. The summed E-state index contributed by atoms with van der Waals surface area (Å²) in [5.41, 5.74) is 0. The first-order chi connectivity index (χ1) is 7.91. The van der Waals surface area contributed by atoms with Gasteiger partial charge in [-0.2, -0.15) is 0 Å². The lowest BCUT2D eigenvalue weighted by atomic mass is 10.0. The summed E-state index contributed by atoms with van der Waals surface area (Å²) in [6.45, 7) is 6.10. The predicted octanol–water partition coefficient (Wildman–Crippen LogP) is 6.12. The van der Waals surface area contributed by atoms with Gasteiger partial charge in [-0.05, 0) is 6.42 Å². The molecule has 0 nitrogen and oxygen atoms in total. The standard InChI is InChI=1S/C16H32/c1-3-5-7-9-11-13-15-16-14-12-10-8-6-4-2/h6H,1,3-5,7-16H2,2H3. The molecule has 0 heterocycles. The molecule has 0 aromatic heterocycles. The lowest BCUT2D eigenvalue weighted by Crippen LogP contribution is -1.82. The molecule has 0 aromatic carbocycles. The van der Waals surface area contributed by atoms with E-state index in [1.807, 2.05) is 0 Å². The lowest BCUT2D eigenvalue weighted by Gasteiger charge is -2.02. The Morgan fingerprint density at radius 3 is 1.56 bits per heavy atom. The Balaban J connectivity index is 2.83. The van der Waals surface area contributed by atoms with Gasteiger partial charge in [-0.25, -0.2) is 0 Å². The smallest absolute Gasteiger partial charge is 0.0389 e.